The third kappa shape index (κ3) is 4.27. The van der Waals surface area contributed by atoms with Crippen LogP contribution >= 0.6 is 11.3 Å². The smallest absolute Gasteiger partial charge is 0.256 e. The Morgan fingerprint density at radius 3 is 2.56 bits per heavy atom. The third-order valence-electron chi connectivity index (χ3n) is 5.74. The highest BCUT2D eigenvalue weighted by molar-refractivity contribution is 7.16. The summed E-state index contributed by atoms with van der Waals surface area (Å²) < 4.78 is 0. The van der Waals surface area contributed by atoms with Crippen molar-refractivity contribution in [2.45, 2.75) is 31.7 Å². The first-order valence-electron chi connectivity index (χ1n) is 10.9. The summed E-state index contributed by atoms with van der Waals surface area (Å²) in [6.45, 7) is 0. The highest BCUT2D eigenvalue weighted by Crippen LogP contribution is 2.44. The van der Waals surface area contributed by atoms with Crippen LogP contribution in [0.3, 0.4) is 0 Å². The van der Waals surface area contributed by atoms with Gasteiger partial charge >= 0.3 is 0 Å². The first kappa shape index (κ1) is 20.4. The van der Waals surface area contributed by atoms with Crippen LogP contribution in [-0.2, 0) is 12.8 Å². The van der Waals surface area contributed by atoms with Crippen LogP contribution < -0.4 is 10.6 Å². The lowest BCUT2D eigenvalue weighted by Crippen LogP contribution is -2.19. The molecule has 0 spiro atoms. The molecule has 0 fully saturated rings. The van der Waals surface area contributed by atoms with Gasteiger partial charge in [-0.05, 0) is 67.1 Å². The molecule has 5 nitrogen and oxygen atoms in total. The second-order valence-corrected chi connectivity index (χ2v) is 8.96. The van der Waals surface area contributed by atoms with Gasteiger partial charge in [0.2, 0.25) is 0 Å². The maximum Gasteiger partial charge on any atom is 0.256 e. The van der Waals surface area contributed by atoms with E-state index in [-0.39, 0.29) is 11.9 Å². The van der Waals surface area contributed by atoms with Crippen molar-refractivity contribution in [2.24, 2.45) is 0 Å². The van der Waals surface area contributed by atoms with Gasteiger partial charge in [-0.2, -0.15) is 0 Å². The number of aromatic nitrogens is 2. The number of fused-ring (bicyclic) bond motifs is 1. The number of anilines is 2. The van der Waals surface area contributed by atoms with Crippen molar-refractivity contribution in [1.29, 1.82) is 0 Å². The average Bonchev–Trinajstić information content (AvgIpc) is 3.22. The largest absolute Gasteiger partial charge is 0.359 e. The zero-order valence-electron chi connectivity index (χ0n) is 17.6. The monoisotopic (exact) mass is 440 g/mol. The van der Waals surface area contributed by atoms with Crippen LogP contribution in [0.25, 0.3) is 0 Å². The van der Waals surface area contributed by atoms with Crippen LogP contribution in [0, 0.1) is 0 Å². The lowest BCUT2D eigenvalue weighted by atomic mass is 9.90. The van der Waals surface area contributed by atoms with Gasteiger partial charge in [-0.15, -0.1) is 11.3 Å². The second-order valence-electron chi connectivity index (χ2n) is 7.85. The van der Waals surface area contributed by atoms with E-state index >= 15 is 0 Å². The summed E-state index contributed by atoms with van der Waals surface area (Å²) in [4.78, 5) is 23.3. The Bertz CT molecular complexity index is 1190. The number of aryl methyl sites for hydroxylation is 1. The number of hydrogen-bond donors (Lipinski definition) is 2. The Hall–Kier alpha value is -3.51. The van der Waals surface area contributed by atoms with Crippen LogP contribution in [0.15, 0.2) is 79.3 Å². The summed E-state index contributed by atoms with van der Waals surface area (Å²) in [5, 5.41) is 7.73. The van der Waals surface area contributed by atoms with E-state index in [0.717, 1.165) is 41.2 Å². The molecule has 5 rings (SSSR count). The Morgan fingerprint density at radius 1 is 0.938 bits per heavy atom. The Labute approximate surface area is 191 Å². The molecule has 32 heavy (non-hydrogen) atoms. The van der Waals surface area contributed by atoms with E-state index in [1.807, 2.05) is 60.8 Å². The summed E-state index contributed by atoms with van der Waals surface area (Å²) in [5.41, 5.74) is 4.18. The fourth-order valence-corrected chi connectivity index (χ4v) is 5.54. The molecule has 1 aromatic carbocycles. The van der Waals surface area contributed by atoms with Crippen molar-refractivity contribution in [3.8, 4) is 0 Å². The third-order valence-corrected chi connectivity index (χ3v) is 6.96. The Balaban J connectivity index is 1.59. The Kier molecular flexibility index (Phi) is 5.94. The van der Waals surface area contributed by atoms with Crippen molar-refractivity contribution >= 4 is 28.1 Å². The zero-order chi connectivity index (χ0) is 21.8. The van der Waals surface area contributed by atoms with Gasteiger partial charge in [0.05, 0.1) is 6.04 Å². The van der Waals surface area contributed by atoms with E-state index in [0.29, 0.717) is 5.56 Å². The average molecular weight is 441 g/mol. The summed E-state index contributed by atoms with van der Waals surface area (Å²) in [7, 11) is 0. The topological polar surface area (TPSA) is 66.9 Å². The number of hydrogen-bond acceptors (Lipinski definition) is 5. The predicted molar refractivity (Wildman–Crippen MR) is 129 cm³/mol. The highest BCUT2D eigenvalue weighted by Gasteiger charge is 2.29. The van der Waals surface area contributed by atoms with E-state index < -0.39 is 0 Å². The zero-order valence-corrected chi connectivity index (χ0v) is 18.4. The minimum absolute atomic E-state index is 0.0896. The molecule has 0 aliphatic heterocycles. The fraction of sp³-hybridized carbons (Fsp3) is 0.192. The molecule has 6 heteroatoms. The normalized spacial score (nSPS) is 13.8. The maximum atomic E-state index is 13.0. The van der Waals surface area contributed by atoms with Crippen molar-refractivity contribution < 1.29 is 4.79 Å². The van der Waals surface area contributed by atoms with Crippen LogP contribution in [-0.4, -0.2) is 15.9 Å². The molecule has 1 aliphatic carbocycles. The molecule has 4 aromatic rings. The quantitative estimate of drug-likeness (QED) is 0.393. The van der Waals surface area contributed by atoms with E-state index in [2.05, 4.69) is 26.7 Å². The predicted octanol–water partition coefficient (Wildman–Crippen LogP) is 5.87. The van der Waals surface area contributed by atoms with E-state index in [1.54, 1.807) is 23.7 Å². The van der Waals surface area contributed by atoms with Gasteiger partial charge in [0, 0.05) is 34.6 Å². The van der Waals surface area contributed by atoms with Gasteiger partial charge in [0.25, 0.3) is 5.91 Å². The van der Waals surface area contributed by atoms with E-state index in [1.165, 1.54) is 16.9 Å². The first-order valence-corrected chi connectivity index (χ1v) is 11.7. The van der Waals surface area contributed by atoms with Gasteiger partial charge in [-0.3, -0.25) is 9.78 Å². The van der Waals surface area contributed by atoms with Crippen molar-refractivity contribution in [1.82, 2.24) is 9.97 Å². The van der Waals surface area contributed by atoms with Gasteiger partial charge in [-0.1, -0.05) is 30.3 Å². The van der Waals surface area contributed by atoms with Gasteiger partial charge in [0.15, 0.2) is 0 Å². The molecule has 3 aromatic heterocycles. The van der Waals surface area contributed by atoms with E-state index in [4.69, 9.17) is 0 Å². The highest BCUT2D eigenvalue weighted by atomic mass is 32.1. The summed E-state index contributed by atoms with van der Waals surface area (Å²) in [5.74, 6) is 0.700. The lowest BCUT2D eigenvalue weighted by molar-refractivity contribution is 0.102. The number of nitrogens with zero attached hydrogens (tertiary/aromatic N) is 2. The molecule has 0 saturated heterocycles. The number of pyridine rings is 2. The van der Waals surface area contributed by atoms with Crippen LogP contribution in [0.4, 0.5) is 10.8 Å². The molecule has 0 saturated carbocycles. The van der Waals surface area contributed by atoms with Crippen molar-refractivity contribution in [2.75, 3.05) is 10.6 Å². The molecule has 2 N–H and O–H groups in total. The van der Waals surface area contributed by atoms with Crippen LogP contribution in [0.5, 0.6) is 0 Å². The van der Waals surface area contributed by atoms with Crippen LogP contribution in [0.2, 0.25) is 0 Å². The van der Waals surface area contributed by atoms with Gasteiger partial charge in [0.1, 0.15) is 10.8 Å². The summed E-state index contributed by atoms with van der Waals surface area (Å²) >= 11 is 1.71. The fourth-order valence-electron chi connectivity index (χ4n) is 4.22. The van der Waals surface area contributed by atoms with E-state index in [9.17, 15) is 4.79 Å². The number of nitrogens with one attached hydrogen (secondary N) is 2. The molecular formula is C26H24N4OS. The number of thiophene rings is 1. The summed E-state index contributed by atoms with van der Waals surface area (Å²) in [6.07, 6.45) is 9.86. The SMILES string of the molecule is O=C(Nc1sc2c(c1[C@@H](Nc1ccccn1)c1cccnc1)CCCC2)c1ccccc1. The number of amides is 1. The lowest BCUT2D eigenvalue weighted by Gasteiger charge is -2.23. The Morgan fingerprint density at radius 2 is 1.78 bits per heavy atom. The van der Waals surface area contributed by atoms with Crippen LogP contribution in [0.1, 0.15) is 50.8 Å². The molecule has 160 valence electrons. The molecular weight excluding hydrogens is 416 g/mol. The molecule has 0 bridgehead atoms. The minimum Gasteiger partial charge on any atom is -0.359 e. The molecule has 0 unspecified atom stereocenters. The number of benzene rings is 1. The second kappa shape index (κ2) is 9.32. The maximum absolute atomic E-state index is 13.0. The molecule has 1 amide bonds. The standard InChI is InChI=1S/C26H24N4OS/c31-25(18-9-2-1-3-10-18)30-26-23(20-12-4-5-13-21(20)32-26)24(19-11-8-15-27-17-19)29-22-14-6-7-16-28-22/h1-3,6-11,14-17,24H,4-5,12-13H2,(H,28,29)(H,30,31)/t24-/m0/s1. The van der Waals surface area contributed by atoms with Gasteiger partial charge in [-0.25, -0.2) is 4.98 Å². The molecule has 3 heterocycles. The molecule has 1 atom stereocenters. The number of rotatable bonds is 6. The van der Waals surface area contributed by atoms with Crippen molar-refractivity contribution in [3.05, 3.63) is 106 Å². The number of carbonyl (C=O) groups is 1. The first-order chi connectivity index (χ1) is 15.8. The summed E-state index contributed by atoms with van der Waals surface area (Å²) in [6, 6.07) is 19.1. The van der Waals surface area contributed by atoms with Crippen molar-refractivity contribution in [3.63, 3.8) is 0 Å². The van der Waals surface area contributed by atoms with Gasteiger partial charge < -0.3 is 10.6 Å². The molecule has 0 radical (unpaired) electrons. The minimum atomic E-state index is -0.164. The number of carbonyl (C=O) groups excluding carboxylic acids is 1. The molecule has 1 aliphatic rings.